The molecule has 1 heterocycles. The van der Waals surface area contributed by atoms with Gasteiger partial charge < -0.3 is 10.1 Å². The van der Waals surface area contributed by atoms with Crippen molar-refractivity contribution in [3.05, 3.63) is 46.0 Å². The molecule has 0 saturated heterocycles. The molecule has 0 radical (unpaired) electrons. The van der Waals surface area contributed by atoms with Gasteiger partial charge in [-0.25, -0.2) is 18.6 Å². The Morgan fingerprint density at radius 2 is 2.19 bits per heavy atom. The van der Waals surface area contributed by atoms with Crippen LogP contribution in [0.5, 0.6) is 0 Å². The molecule has 0 aliphatic carbocycles. The highest BCUT2D eigenvalue weighted by molar-refractivity contribution is 7.15. The van der Waals surface area contributed by atoms with Crippen molar-refractivity contribution in [1.82, 2.24) is 4.98 Å². The molecular weight excluding hydrogens is 298 g/mol. The predicted octanol–water partition coefficient (Wildman–Crippen LogP) is 3.52. The summed E-state index contributed by atoms with van der Waals surface area (Å²) < 4.78 is 31.2. The molecule has 2 aromatic rings. The van der Waals surface area contributed by atoms with E-state index in [1.54, 1.807) is 13.8 Å². The van der Waals surface area contributed by atoms with Gasteiger partial charge in [-0.15, -0.1) is 11.3 Å². The van der Waals surface area contributed by atoms with Crippen LogP contribution >= 0.6 is 11.3 Å². The number of carbonyl (C=O) groups excluding carboxylic acids is 1. The quantitative estimate of drug-likeness (QED) is 0.858. The molecule has 1 aromatic heterocycles. The Hall–Kier alpha value is -2.02. The van der Waals surface area contributed by atoms with E-state index in [2.05, 4.69) is 10.3 Å². The normalized spacial score (nSPS) is 10.5. The minimum absolute atomic E-state index is 0.154. The van der Waals surface area contributed by atoms with Gasteiger partial charge in [0.15, 0.2) is 10.8 Å². The second kappa shape index (κ2) is 6.62. The molecule has 0 spiro atoms. The van der Waals surface area contributed by atoms with Gasteiger partial charge in [0.2, 0.25) is 0 Å². The SMILES string of the molecule is CCOC(=O)c1nc(NCc2ccc(F)cc2F)sc1C. The number of halogens is 2. The van der Waals surface area contributed by atoms with E-state index in [1.807, 2.05) is 0 Å². The van der Waals surface area contributed by atoms with Crippen molar-refractivity contribution in [2.24, 2.45) is 0 Å². The number of aromatic nitrogens is 1. The Kier molecular flexibility index (Phi) is 4.85. The third-order valence-electron chi connectivity index (χ3n) is 2.71. The van der Waals surface area contributed by atoms with Crippen molar-refractivity contribution >= 4 is 22.4 Å². The van der Waals surface area contributed by atoms with Crippen LogP contribution in [0.15, 0.2) is 18.2 Å². The number of benzene rings is 1. The highest BCUT2D eigenvalue weighted by Crippen LogP contribution is 2.23. The fourth-order valence-corrected chi connectivity index (χ4v) is 2.49. The van der Waals surface area contributed by atoms with Crippen LogP contribution in [0.3, 0.4) is 0 Å². The molecule has 112 valence electrons. The van der Waals surface area contributed by atoms with E-state index in [0.29, 0.717) is 10.7 Å². The number of hydrogen-bond acceptors (Lipinski definition) is 5. The zero-order valence-electron chi connectivity index (χ0n) is 11.6. The highest BCUT2D eigenvalue weighted by Gasteiger charge is 2.16. The number of nitrogens with zero attached hydrogens (tertiary/aromatic N) is 1. The van der Waals surface area contributed by atoms with E-state index < -0.39 is 17.6 Å². The summed E-state index contributed by atoms with van der Waals surface area (Å²) in [5.74, 6) is -1.72. The number of rotatable bonds is 5. The molecule has 0 aliphatic heterocycles. The zero-order valence-corrected chi connectivity index (χ0v) is 12.4. The van der Waals surface area contributed by atoms with Crippen LogP contribution in [-0.2, 0) is 11.3 Å². The minimum Gasteiger partial charge on any atom is -0.461 e. The summed E-state index contributed by atoms with van der Waals surface area (Å²) >= 11 is 1.28. The first kappa shape index (κ1) is 15.4. The first-order valence-corrected chi connectivity index (χ1v) is 7.15. The highest BCUT2D eigenvalue weighted by atomic mass is 32.1. The van der Waals surface area contributed by atoms with Gasteiger partial charge in [-0.05, 0) is 19.9 Å². The van der Waals surface area contributed by atoms with Crippen molar-refractivity contribution < 1.29 is 18.3 Å². The van der Waals surface area contributed by atoms with E-state index in [-0.39, 0.29) is 18.8 Å². The van der Waals surface area contributed by atoms with Gasteiger partial charge in [-0.3, -0.25) is 0 Å². The van der Waals surface area contributed by atoms with Gasteiger partial charge in [0.05, 0.1) is 6.61 Å². The number of thiazole rings is 1. The zero-order chi connectivity index (χ0) is 15.4. The van der Waals surface area contributed by atoms with E-state index in [4.69, 9.17) is 4.74 Å². The summed E-state index contributed by atoms with van der Waals surface area (Å²) in [4.78, 5) is 16.5. The Labute approximate surface area is 124 Å². The molecule has 0 saturated carbocycles. The van der Waals surface area contributed by atoms with Crippen LogP contribution in [0.1, 0.15) is 27.9 Å². The van der Waals surface area contributed by atoms with Gasteiger partial charge in [-0.2, -0.15) is 0 Å². The van der Waals surface area contributed by atoms with Gasteiger partial charge >= 0.3 is 5.97 Å². The van der Waals surface area contributed by atoms with E-state index in [1.165, 1.54) is 23.5 Å². The molecule has 0 atom stereocenters. The average molecular weight is 312 g/mol. The van der Waals surface area contributed by atoms with Gasteiger partial charge in [0.1, 0.15) is 11.6 Å². The largest absolute Gasteiger partial charge is 0.461 e. The van der Waals surface area contributed by atoms with Gasteiger partial charge in [0, 0.05) is 23.1 Å². The minimum atomic E-state index is -0.624. The molecule has 0 fully saturated rings. The van der Waals surface area contributed by atoms with Crippen molar-refractivity contribution in [2.45, 2.75) is 20.4 Å². The van der Waals surface area contributed by atoms with Crippen molar-refractivity contribution in [3.8, 4) is 0 Å². The standard InChI is InChI=1S/C14H14F2N2O2S/c1-3-20-13(19)12-8(2)21-14(18-12)17-7-9-4-5-10(15)6-11(9)16/h4-6H,3,7H2,1-2H3,(H,17,18). The molecule has 0 amide bonds. The fraction of sp³-hybridized carbons (Fsp3) is 0.286. The first-order chi connectivity index (χ1) is 10.0. The number of carbonyl (C=O) groups is 1. The van der Waals surface area contributed by atoms with E-state index in [0.717, 1.165) is 10.9 Å². The van der Waals surface area contributed by atoms with Gasteiger partial charge in [-0.1, -0.05) is 6.07 Å². The lowest BCUT2D eigenvalue weighted by Gasteiger charge is -2.04. The maximum atomic E-state index is 13.5. The molecule has 0 bridgehead atoms. The molecular formula is C14H14F2N2O2S. The maximum absolute atomic E-state index is 13.5. The Bertz CT molecular complexity index is 658. The molecule has 2 rings (SSSR count). The Balaban J connectivity index is 2.07. The van der Waals surface area contributed by atoms with Gasteiger partial charge in [0.25, 0.3) is 0 Å². The smallest absolute Gasteiger partial charge is 0.358 e. The molecule has 21 heavy (non-hydrogen) atoms. The monoisotopic (exact) mass is 312 g/mol. The lowest BCUT2D eigenvalue weighted by Crippen LogP contribution is -2.07. The van der Waals surface area contributed by atoms with Crippen LogP contribution in [0.4, 0.5) is 13.9 Å². The number of ether oxygens (including phenoxy) is 1. The van der Waals surface area contributed by atoms with Crippen LogP contribution in [0.25, 0.3) is 0 Å². The number of aryl methyl sites for hydroxylation is 1. The lowest BCUT2D eigenvalue weighted by molar-refractivity contribution is 0.0519. The topological polar surface area (TPSA) is 51.2 Å². The molecule has 0 aliphatic rings. The molecule has 4 nitrogen and oxygen atoms in total. The van der Waals surface area contributed by atoms with Crippen LogP contribution in [-0.4, -0.2) is 17.6 Å². The van der Waals surface area contributed by atoms with E-state index >= 15 is 0 Å². The van der Waals surface area contributed by atoms with Crippen LogP contribution < -0.4 is 5.32 Å². The molecule has 7 heteroatoms. The predicted molar refractivity (Wildman–Crippen MR) is 76.5 cm³/mol. The maximum Gasteiger partial charge on any atom is 0.358 e. The molecule has 1 aromatic carbocycles. The number of anilines is 1. The Morgan fingerprint density at radius 1 is 1.43 bits per heavy atom. The van der Waals surface area contributed by atoms with Crippen molar-refractivity contribution in [1.29, 1.82) is 0 Å². The summed E-state index contributed by atoms with van der Waals surface area (Å²) in [6.45, 7) is 3.91. The second-order valence-electron chi connectivity index (χ2n) is 4.23. The fourth-order valence-electron chi connectivity index (χ4n) is 1.70. The number of nitrogens with one attached hydrogen (secondary N) is 1. The summed E-state index contributed by atoms with van der Waals surface area (Å²) in [6, 6.07) is 3.38. The number of hydrogen-bond donors (Lipinski definition) is 1. The second-order valence-corrected chi connectivity index (χ2v) is 5.44. The first-order valence-electron chi connectivity index (χ1n) is 6.33. The van der Waals surface area contributed by atoms with E-state index in [9.17, 15) is 13.6 Å². The van der Waals surface area contributed by atoms with Crippen LogP contribution in [0, 0.1) is 18.6 Å². The third-order valence-corrected chi connectivity index (χ3v) is 3.64. The summed E-state index contributed by atoms with van der Waals surface area (Å²) in [5.41, 5.74) is 0.575. The average Bonchev–Trinajstić information content (AvgIpc) is 2.79. The Morgan fingerprint density at radius 3 is 2.86 bits per heavy atom. The third kappa shape index (κ3) is 3.75. The number of esters is 1. The lowest BCUT2D eigenvalue weighted by atomic mass is 10.2. The van der Waals surface area contributed by atoms with Crippen molar-refractivity contribution in [2.75, 3.05) is 11.9 Å². The van der Waals surface area contributed by atoms with Crippen LogP contribution in [0.2, 0.25) is 0 Å². The van der Waals surface area contributed by atoms with Crippen molar-refractivity contribution in [3.63, 3.8) is 0 Å². The molecule has 1 N–H and O–H groups in total. The molecule has 0 unspecified atom stereocenters. The summed E-state index contributed by atoms with van der Waals surface area (Å²) in [7, 11) is 0. The summed E-state index contributed by atoms with van der Waals surface area (Å²) in [6.07, 6.45) is 0. The summed E-state index contributed by atoms with van der Waals surface area (Å²) in [5, 5.41) is 3.40.